The first kappa shape index (κ1) is 23.9. The monoisotopic (exact) mass is 469 g/mol. The summed E-state index contributed by atoms with van der Waals surface area (Å²) in [6, 6.07) is -0.893. The molecule has 2 unspecified atom stereocenters. The Morgan fingerprint density at radius 1 is 1.16 bits per heavy atom. The van der Waals surface area contributed by atoms with Gasteiger partial charge in [0.1, 0.15) is 17.8 Å². The predicted molar refractivity (Wildman–Crippen MR) is 98.1 cm³/mol. The molecule has 32 heavy (non-hydrogen) atoms. The number of rotatable bonds is 4. The Bertz CT molecular complexity index is 832. The molecule has 0 spiro atoms. The van der Waals surface area contributed by atoms with Gasteiger partial charge in [-0.2, -0.15) is 13.2 Å². The second-order valence-corrected chi connectivity index (χ2v) is 7.43. The third kappa shape index (κ3) is 5.73. The van der Waals surface area contributed by atoms with Crippen LogP contribution in [-0.2, 0) is 4.79 Å². The lowest BCUT2D eigenvalue weighted by Crippen LogP contribution is -2.59. The van der Waals surface area contributed by atoms with Gasteiger partial charge in [0.15, 0.2) is 0 Å². The minimum atomic E-state index is -4.91. The molecule has 0 bridgehead atoms. The number of hydrazine groups is 1. The van der Waals surface area contributed by atoms with Crippen LogP contribution in [-0.4, -0.2) is 60.6 Å². The summed E-state index contributed by atoms with van der Waals surface area (Å²) < 4.78 is 80.3. The summed E-state index contributed by atoms with van der Waals surface area (Å²) in [5.74, 6) is -0.896. The van der Waals surface area contributed by atoms with Crippen molar-refractivity contribution in [2.45, 2.75) is 50.1 Å². The van der Waals surface area contributed by atoms with Gasteiger partial charge in [0.25, 0.3) is 0 Å². The number of carbonyl (C=O) groups is 2. The molecular weight excluding hydrogens is 448 g/mol. The highest BCUT2D eigenvalue weighted by molar-refractivity contribution is 5.88. The largest absolute Gasteiger partial charge is 0.573 e. The Kier molecular flexibility index (Phi) is 6.74. The van der Waals surface area contributed by atoms with Crippen molar-refractivity contribution < 1.29 is 40.7 Å². The topological polar surface area (TPSA) is 94.7 Å². The zero-order chi connectivity index (χ0) is 23.7. The van der Waals surface area contributed by atoms with E-state index in [1.165, 1.54) is 24.0 Å². The molecule has 0 aliphatic carbocycles. The van der Waals surface area contributed by atoms with Gasteiger partial charge >= 0.3 is 18.6 Å². The van der Waals surface area contributed by atoms with E-state index in [4.69, 9.17) is 0 Å². The highest BCUT2D eigenvalue weighted by atomic mass is 19.4. The number of hydrogen-bond acceptors (Lipinski definition) is 5. The van der Waals surface area contributed by atoms with E-state index in [1.807, 2.05) is 0 Å². The Morgan fingerprint density at radius 2 is 1.81 bits per heavy atom. The van der Waals surface area contributed by atoms with E-state index in [2.05, 4.69) is 26.2 Å². The number of nitrogens with zero attached hydrogens (tertiary/aromatic N) is 1. The molecule has 2 aliphatic rings. The van der Waals surface area contributed by atoms with Crippen LogP contribution >= 0.6 is 0 Å². The van der Waals surface area contributed by atoms with Crippen molar-refractivity contribution in [3.63, 3.8) is 0 Å². The molecule has 2 heterocycles. The minimum Gasteiger partial charge on any atom is -0.406 e. The summed E-state index contributed by atoms with van der Waals surface area (Å²) in [5, 5.41) is 5.20. The third-order valence-electron chi connectivity index (χ3n) is 5.24. The number of amides is 3. The predicted octanol–water partition coefficient (Wildman–Crippen LogP) is 1.95. The van der Waals surface area contributed by atoms with Crippen LogP contribution in [0.2, 0.25) is 0 Å². The number of urea groups is 1. The van der Waals surface area contributed by atoms with Crippen molar-refractivity contribution in [1.29, 1.82) is 0 Å². The van der Waals surface area contributed by atoms with Crippen molar-refractivity contribution in [2.75, 3.05) is 13.1 Å². The van der Waals surface area contributed by atoms with E-state index < -0.39 is 54.9 Å². The van der Waals surface area contributed by atoms with Crippen LogP contribution in [0.5, 0.6) is 5.75 Å². The highest BCUT2D eigenvalue weighted by Gasteiger charge is 2.46. The van der Waals surface area contributed by atoms with Crippen molar-refractivity contribution in [3.05, 3.63) is 29.8 Å². The van der Waals surface area contributed by atoms with E-state index in [-0.39, 0.29) is 24.6 Å². The van der Waals surface area contributed by atoms with Crippen molar-refractivity contribution in [1.82, 2.24) is 26.4 Å². The average molecular weight is 469 g/mol. The smallest absolute Gasteiger partial charge is 0.406 e. The molecule has 0 saturated carbocycles. The van der Waals surface area contributed by atoms with Gasteiger partial charge in [-0.3, -0.25) is 10.2 Å². The van der Waals surface area contributed by atoms with Gasteiger partial charge in [-0.05, 0) is 31.0 Å². The van der Waals surface area contributed by atoms with E-state index >= 15 is 0 Å². The lowest BCUT2D eigenvalue weighted by atomic mass is 9.95. The van der Waals surface area contributed by atoms with E-state index in [0.29, 0.717) is 0 Å². The summed E-state index contributed by atoms with van der Waals surface area (Å²) in [6.45, 7) is 1.90. The third-order valence-corrected chi connectivity index (χ3v) is 5.24. The van der Waals surface area contributed by atoms with Crippen molar-refractivity contribution in [3.8, 4) is 5.75 Å². The van der Waals surface area contributed by atoms with Crippen molar-refractivity contribution in [2.24, 2.45) is 0 Å². The van der Waals surface area contributed by atoms with E-state index in [1.54, 1.807) is 0 Å². The van der Waals surface area contributed by atoms with Gasteiger partial charge in [-0.15, -0.1) is 13.2 Å². The van der Waals surface area contributed by atoms with Gasteiger partial charge in [0, 0.05) is 19.1 Å². The maximum atomic E-state index is 13.1. The van der Waals surface area contributed by atoms with Crippen molar-refractivity contribution >= 4 is 11.9 Å². The molecule has 2 fully saturated rings. The number of halogens is 6. The fourth-order valence-corrected chi connectivity index (χ4v) is 3.58. The summed E-state index contributed by atoms with van der Waals surface area (Å²) in [5.41, 5.74) is 4.88. The molecule has 1 aromatic carbocycles. The molecule has 2 aliphatic heterocycles. The number of piperazine rings is 1. The zero-order valence-corrected chi connectivity index (χ0v) is 16.7. The number of alkyl halides is 6. The molecule has 2 saturated heterocycles. The van der Waals surface area contributed by atoms with E-state index in [0.717, 1.165) is 12.1 Å². The summed E-state index contributed by atoms with van der Waals surface area (Å²) >= 11 is 0. The quantitative estimate of drug-likeness (QED) is 0.506. The van der Waals surface area contributed by atoms with Crippen LogP contribution in [0.25, 0.3) is 0 Å². The second kappa shape index (κ2) is 9.02. The summed E-state index contributed by atoms with van der Waals surface area (Å²) in [7, 11) is 0. The Labute approximate surface area is 178 Å². The van der Waals surface area contributed by atoms with Crippen LogP contribution in [0.4, 0.5) is 31.1 Å². The van der Waals surface area contributed by atoms with E-state index in [9.17, 15) is 35.9 Å². The van der Waals surface area contributed by atoms with Gasteiger partial charge < -0.3 is 20.3 Å². The minimum absolute atomic E-state index is 0.186. The zero-order valence-electron chi connectivity index (χ0n) is 16.7. The van der Waals surface area contributed by atoms with Crippen LogP contribution in [0, 0.1) is 0 Å². The first-order chi connectivity index (χ1) is 14.8. The number of hydrogen-bond donors (Lipinski definition) is 4. The fourth-order valence-electron chi connectivity index (χ4n) is 3.58. The Balaban J connectivity index is 1.82. The van der Waals surface area contributed by atoms with Gasteiger partial charge in [-0.25, -0.2) is 10.2 Å². The summed E-state index contributed by atoms with van der Waals surface area (Å²) in [4.78, 5) is 25.9. The highest BCUT2D eigenvalue weighted by Crippen LogP contribution is 2.32. The maximum absolute atomic E-state index is 13.1. The first-order valence-electron chi connectivity index (χ1n) is 9.63. The maximum Gasteiger partial charge on any atom is 0.573 e. The standard InChI is InChI=1S/C18H21F6N5O3/c1-9-15(30)25-6-7-29(9)16(31)26-14(12-8-13(28-27-12)17(19,20)21)10-2-4-11(5-3-10)32-18(22,23)24/h2-5,9,12-14,27-28H,6-8H2,1H3,(H,25,30)(H,26,31)/t9-,12?,13?,14+/m1/s1. The van der Waals surface area contributed by atoms with Gasteiger partial charge in [0.05, 0.1) is 6.04 Å². The van der Waals surface area contributed by atoms with Crippen LogP contribution in [0.1, 0.15) is 24.9 Å². The molecule has 4 N–H and O–H groups in total. The normalized spacial score (nSPS) is 25.3. The number of benzene rings is 1. The average Bonchev–Trinajstić information content (AvgIpc) is 3.18. The van der Waals surface area contributed by atoms with Crippen LogP contribution < -0.4 is 26.2 Å². The SMILES string of the molecule is C[C@@H]1C(=O)NCCN1C(=O)N[C@@H](c1ccc(OC(F)(F)F)cc1)C1CC(C(F)(F)F)NN1. The van der Waals surface area contributed by atoms with Gasteiger partial charge in [0.2, 0.25) is 5.91 Å². The molecule has 14 heteroatoms. The molecule has 3 rings (SSSR count). The number of nitrogens with one attached hydrogen (secondary N) is 4. The Morgan fingerprint density at radius 3 is 2.38 bits per heavy atom. The molecule has 3 amide bonds. The molecule has 4 atom stereocenters. The van der Waals surface area contributed by atoms with Crippen LogP contribution in [0.3, 0.4) is 0 Å². The lowest BCUT2D eigenvalue weighted by molar-refractivity contribution is -0.274. The second-order valence-electron chi connectivity index (χ2n) is 7.43. The number of carbonyl (C=O) groups excluding carboxylic acids is 2. The molecular formula is C18H21F6N5O3. The Hall–Kier alpha value is -2.74. The van der Waals surface area contributed by atoms with Crippen LogP contribution in [0.15, 0.2) is 24.3 Å². The molecule has 1 aromatic rings. The molecule has 0 aromatic heterocycles. The molecule has 8 nitrogen and oxygen atoms in total. The fraction of sp³-hybridized carbons (Fsp3) is 0.556. The summed E-state index contributed by atoms with van der Waals surface area (Å²) in [6.07, 6.45) is -9.89. The molecule has 0 radical (unpaired) electrons. The molecule has 178 valence electrons. The lowest BCUT2D eigenvalue weighted by Gasteiger charge is -2.35. The first-order valence-corrected chi connectivity index (χ1v) is 9.63. The number of ether oxygens (including phenoxy) is 1. The van der Waals surface area contributed by atoms with Gasteiger partial charge in [-0.1, -0.05) is 12.1 Å².